The molecule has 138 valence electrons. The van der Waals surface area contributed by atoms with Crippen LogP contribution in [-0.4, -0.2) is 32.7 Å². The zero-order valence-corrected chi connectivity index (χ0v) is 15.0. The van der Waals surface area contributed by atoms with E-state index in [-0.39, 0.29) is 18.5 Å². The predicted molar refractivity (Wildman–Crippen MR) is 99.6 cm³/mol. The molecule has 2 aromatic carbocycles. The van der Waals surface area contributed by atoms with Crippen molar-refractivity contribution in [2.45, 2.75) is 13.0 Å². The van der Waals surface area contributed by atoms with Crippen molar-refractivity contribution in [1.29, 1.82) is 0 Å². The number of carbonyl (C=O) groups excluding carboxylic acids is 2. The molecule has 26 heavy (non-hydrogen) atoms. The van der Waals surface area contributed by atoms with E-state index in [9.17, 15) is 9.59 Å². The molecule has 3 amide bonds. The van der Waals surface area contributed by atoms with Gasteiger partial charge in [-0.3, -0.25) is 4.79 Å². The molecule has 0 bridgehead atoms. The van der Waals surface area contributed by atoms with Crippen LogP contribution in [0.15, 0.2) is 48.5 Å². The van der Waals surface area contributed by atoms with Crippen LogP contribution in [0.4, 0.5) is 10.5 Å². The molecule has 0 aromatic heterocycles. The Morgan fingerprint density at radius 3 is 2.42 bits per heavy atom. The summed E-state index contributed by atoms with van der Waals surface area (Å²) >= 11 is 0. The Labute approximate surface area is 152 Å². The van der Waals surface area contributed by atoms with E-state index in [1.54, 1.807) is 44.6 Å². The van der Waals surface area contributed by atoms with E-state index in [2.05, 4.69) is 16.0 Å². The molecule has 2 aromatic rings. The molecule has 0 radical (unpaired) electrons. The second kappa shape index (κ2) is 9.31. The van der Waals surface area contributed by atoms with Gasteiger partial charge in [0.15, 0.2) is 0 Å². The van der Waals surface area contributed by atoms with Crippen LogP contribution in [0.25, 0.3) is 0 Å². The molecular formula is C19H23N3O4. The quantitative estimate of drug-likeness (QED) is 0.711. The minimum atomic E-state index is -0.446. The fourth-order valence-corrected chi connectivity index (χ4v) is 2.41. The molecule has 0 aliphatic carbocycles. The van der Waals surface area contributed by atoms with Crippen molar-refractivity contribution < 1.29 is 19.1 Å². The Morgan fingerprint density at radius 1 is 1.04 bits per heavy atom. The van der Waals surface area contributed by atoms with Crippen molar-refractivity contribution in [3.05, 3.63) is 54.1 Å². The maximum Gasteiger partial charge on any atom is 0.319 e. The zero-order valence-electron chi connectivity index (χ0n) is 15.0. The van der Waals surface area contributed by atoms with Crippen molar-refractivity contribution in [1.82, 2.24) is 10.6 Å². The number of para-hydroxylation sites is 1. The molecule has 0 heterocycles. The van der Waals surface area contributed by atoms with E-state index < -0.39 is 6.03 Å². The molecule has 2 rings (SSSR count). The summed E-state index contributed by atoms with van der Waals surface area (Å²) < 4.78 is 10.5. The fraction of sp³-hybridized carbons (Fsp3) is 0.263. The van der Waals surface area contributed by atoms with Crippen LogP contribution < -0.4 is 25.4 Å². The highest BCUT2D eigenvalue weighted by Gasteiger charge is 2.15. The van der Waals surface area contributed by atoms with Crippen molar-refractivity contribution >= 4 is 17.6 Å². The minimum absolute atomic E-state index is 0.144. The van der Waals surface area contributed by atoms with Crippen molar-refractivity contribution in [2.75, 3.05) is 26.1 Å². The SMILES string of the molecule is COc1ccc(OC)c([C@H](C)NC(=O)CNC(=O)Nc2ccccc2)c1. The summed E-state index contributed by atoms with van der Waals surface area (Å²) in [5.41, 5.74) is 1.44. The molecule has 3 N–H and O–H groups in total. The van der Waals surface area contributed by atoms with Gasteiger partial charge in [-0.25, -0.2) is 4.79 Å². The number of amides is 3. The molecule has 0 fully saturated rings. The van der Waals surface area contributed by atoms with Crippen LogP contribution >= 0.6 is 0 Å². The Hall–Kier alpha value is -3.22. The molecule has 7 nitrogen and oxygen atoms in total. The lowest BCUT2D eigenvalue weighted by Crippen LogP contribution is -2.39. The highest BCUT2D eigenvalue weighted by atomic mass is 16.5. The first kappa shape index (κ1) is 19.1. The van der Waals surface area contributed by atoms with Gasteiger partial charge >= 0.3 is 6.03 Å². The monoisotopic (exact) mass is 357 g/mol. The molecule has 7 heteroatoms. The number of hydrogen-bond donors (Lipinski definition) is 3. The van der Waals surface area contributed by atoms with Gasteiger partial charge in [-0.2, -0.15) is 0 Å². The lowest BCUT2D eigenvalue weighted by Gasteiger charge is -2.18. The smallest absolute Gasteiger partial charge is 0.319 e. The van der Waals surface area contributed by atoms with Gasteiger partial charge < -0.3 is 25.4 Å². The normalized spacial score (nSPS) is 11.2. The number of carbonyl (C=O) groups is 2. The van der Waals surface area contributed by atoms with Gasteiger partial charge in [-0.05, 0) is 37.3 Å². The summed E-state index contributed by atoms with van der Waals surface area (Å²) in [5.74, 6) is 1.00. The summed E-state index contributed by atoms with van der Waals surface area (Å²) in [5, 5.41) is 7.99. The number of methoxy groups -OCH3 is 2. The molecule has 1 atom stereocenters. The second-order valence-corrected chi connectivity index (χ2v) is 5.57. The summed E-state index contributed by atoms with van der Waals surface area (Å²) in [6, 6.07) is 13.6. The van der Waals surface area contributed by atoms with Crippen LogP contribution in [0.3, 0.4) is 0 Å². The first-order chi connectivity index (χ1) is 12.5. The fourth-order valence-electron chi connectivity index (χ4n) is 2.41. The summed E-state index contributed by atoms with van der Waals surface area (Å²) in [4.78, 5) is 23.9. The van der Waals surface area contributed by atoms with Crippen molar-refractivity contribution in [2.24, 2.45) is 0 Å². The van der Waals surface area contributed by atoms with Crippen molar-refractivity contribution in [3.63, 3.8) is 0 Å². The third-order valence-electron chi connectivity index (χ3n) is 3.72. The largest absolute Gasteiger partial charge is 0.497 e. The lowest BCUT2D eigenvalue weighted by atomic mass is 10.1. The first-order valence-electron chi connectivity index (χ1n) is 8.14. The van der Waals surface area contributed by atoms with Gasteiger partial charge in [0.05, 0.1) is 26.8 Å². The molecule has 0 unspecified atom stereocenters. The van der Waals surface area contributed by atoms with E-state index in [1.807, 2.05) is 25.1 Å². The second-order valence-electron chi connectivity index (χ2n) is 5.57. The number of nitrogens with one attached hydrogen (secondary N) is 3. The standard InChI is InChI=1S/C19H23N3O4/c1-13(16-11-15(25-2)9-10-17(16)26-3)21-18(23)12-20-19(24)22-14-7-5-4-6-8-14/h4-11,13H,12H2,1-3H3,(H,21,23)(H2,20,22,24)/t13-/m0/s1. The minimum Gasteiger partial charge on any atom is -0.497 e. The van der Waals surface area contributed by atoms with Gasteiger partial charge in [-0.1, -0.05) is 18.2 Å². The molecule has 0 saturated carbocycles. The summed E-state index contributed by atoms with van der Waals surface area (Å²) in [6.07, 6.45) is 0. The predicted octanol–water partition coefficient (Wildman–Crippen LogP) is 2.70. The van der Waals surface area contributed by atoms with Crippen LogP contribution in [0.1, 0.15) is 18.5 Å². The molecule has 0 saturated heterocycles. The third-order valence-corrected chi connectivity index (χ3v) is 3.72. The summed E-state index contributed by atoms with van der Waals surface area (Å²) in [7, 11) is 3.14. The third kappa shape index (κ3) is 5.41. The number of ether oxygens (including phenoxy) is 2. The molecule has 0 aliphatic heterocycles. The van der Waals surface area contributed by atoms with E-state index in [0.29, 0.717) is 17.2 Å². The zero-order chi connectivity index (χ0) is 18.9. The van der Waals surface area contributed by atoms with Crippen LogP contribution in [0.2, 0.25) is 0 Å². The van der Waals surface area contributed by atoms with E-state index in [4.69, 9.17) is 9.47 Å². The number of hydrogen-bond acceptors (Lipinski definition) is 4. The van der Waals surface area contributed by atoms with Crippen LogP contribution in [0.5, 0.6) is 11.5 Å². The van der Waals surface area contributed by atoms with Gasteiger partial charge in [-0.15, -0.1) is 0 Å². The molecule has 0 aliphatic rings. The van der Waals surface area contributed by atoms with E-state index >= 15 is 0 Å². The maximum absolute atomic E-state index is 12.1. The maximum atomic E-state index is 12.1. The molecular weight excluding hydrogens is 334 g/mol. The number of benzene rings is 2. The average Bonchev–Trinajstić information content (AvgIpc) is 2.66. The van der Waals surface area contributed by atoms with Crippen LogP contribution in [0, 0.1) is 0 Å². The van der Waals surface area contributed by atoms with E-state index in [1.165, 1.54) is 0 Å². The Balaban J connectivity index is 1.88. The topological polar surface area (TPSA) is 88.7 Å². The van der Waals surface area contributed by atoms with Crippen LogP contribution in [-0.2, 0) is 4.79 Å². The molecule has 0 spiro atoms. The lowest BCUT2D eigenvalue weighted by molar-refractivity contribution is -0.120. The highest BCUT2D eigenvalue weighted by Crippen LogP contribution is 2.29. The number of anilines is 1. The Morgan fingerprint density at radius 2 is 1.77 bits per heavy atom. The van der Waals surface area contributed by atoms with Gasteiger partial charge in [0, 0.05) is 11.3 Å². The van der Waals surface area contributed by atoms with Gasteiger partial charge in [0.2, 0.25) is 5.91 Å². The Bertz CT molecular complexity index is 750. The number of rotatable bonds is 7. The van der Waals surface area contributed by atoms with Gasteiger partial charge in [0.25, 0.3) is 0 Å². The average molecular weight is 357 g/mol. The number of urea groups is 1. The summed E-state index contributed by atoms with van der Waals surface area (Å²) in [6.45, 7) is 1.69. The first-order valence-corrected chi connectivity index (χ1v) is 8.14. The Kier molecular flexibility index (Phi) is 6.84. The van der Waals surface area contributed by atoms with Crippen molar-refractivity contribution in [3.8, 4) is 11.5 Å². The van der Waals surface area contributed by atoms with E-state index in [0.717, 1.165) is 5.56 Å². The highest BCUT2D eigenvalue weighted by molar-refractivity contribution is 5.92. The van der Waals surface area contributed by atoms with Gasteiger partial charge in [0.1, 0.15) is 11.5 Å².